The van der Waals surface area contributed by atoms with E-state index in [1.807, 2.05) is 25.4 Å². The van der Waals surface area contributed by atoms with Gasteiger partial charge in [0.05, 0.1) is 5.69 Å². The number of nitrogens with two attached hydrogens (primary N) is 1. The predicted octanol–water partition coefficient (Wildman–Crippen LogP) is 3.30. The van der Waals surface area contributed by atoms with E-state index in [0.717, 1.165) is 36.1 Å². The monoisotopic (exact) mass is 298 g/mol. The first-order chi connectivity index (χ1) is 10.3. The number of pyridine rings is 1. The third kappa shape index (κ3) is 2.97. The maximum Gasteiger partial charge on any atom is 0.129 e. The third-order valence-corrected chi connectivity index (χ3v) is 4.47. The quantitative estimate of drug-likeness (QED) is 0.786. The van der Waals surface area contributed by atoms with Crippen molar-refractivity contribution in [2.75, 3.05) is 5.73 Å². The molecule has 0 atom stereocenters. The van der Waals surface area contributed by atoms with E-state index >= 15 is 0 Å². The largest absolute Gasteiger partial charge is 0.383 e. The van der Waals surface area contributed by atoms with Crippen molar-refractivity contribution >= 4 is 17.2 Å². The molecule has 3 heterocycles. The lowest BCUT2D eigenvalue weighted by Crippen LogP contribution is -1.98. The fraction of sp³-hybridized carbons (Fsp3) is 0.250. The zero-order valence-corrected chi connectivity index (χ0v) is 12.8. The minimum atomic E-state index is 0.703. The van der Waals surface area contributed by atoms with Crippen LogP contribution in [0.15, 0.2) is 42.0 Å². The summed E-state index contributed by atoms with van der Waals surface area (Å²) in [7, 11) is 1.89. The van der Waals surface area contributed by atoms with Crippen molar-refractivity contribution in [3.05, 3.63) is 52.6 Å². The first-order valence-corrected chi connectivity index (χ1v) is 7.88. The molecule has 0 aliphatic carbocycles. The lowest BCUT2D eigenvalue weighted by atomic mass is 10.0. The lowest BCUT2D eigenvalue weighted by molar-refractivity contribution is 0.727. The Kier molecular flexibility index (Phi) is 4.01. The van der Waals surface area contributed by atoms with Crippen LogP contribution in [0.5, 0.6) is 0 Å². The number of hydrogen-bond donors (Lipinski definition) is 1. The molecular formula is C16H18N4S. The first-order valence-electron chi connectivity index (χ1n) is 7.00. The Hall–Kier alpha value is -2.14. The van der Waals surface area contributed by atoms with Crippen LogP contribution in [-0.2, 0) is 19.9 Å². The summed E-state index contributed by atoms with van der Waals surface area (Å²) >= 11 is 1.81. The van der Waals surface area contributed by atoms with E-state index in [9.17, 15) is 0 Å². The molecule has 0 aliphatic heterocycles. The number of anilines is 1. The molecular weight excluding hydrogens is 280 g/mol. The van der Waals surface area contributed by atoms with Gasteiger partial charge in [-0.1, -0.05) is 12.1 Å². The maximum atomic E-state index is 6.18. The van der Waals surface area contributed by atoms with Crippen LogP contribution < -0.4 is 5.73 Å². The fourth-order valence-corrected chi connectivity index (χ4v) is 3.23. The van der Waals surface area contributed by atoms with Gasteiger partial charge in [0, 0.05) is 35.4 Å². The van der Waals surface area contributed by atoms with Gasteiger partial charge in [-0.05, 0) is 36.8 Å². The van der Waals surface area contributed by atoms with Gasteiger partial charge in [-0.15, -0.1) is 11.3 Å². The van der Waals surface area contributed by atoms with Gasteiger partial charge in [0.15, 0.2) is 0 Å². The highest BCUT2D eigenvalue weighted by molar-refractivity contribution is 7.09. The summed E-state index contributed by atoms with van der Waals surface area (Å²) in [4.78, 5) is 5.60. The Bertz CT molecular complexity index is 701. The Labute approximate surface area is 128 Å². The zero-order chi connectivity index (χ0) is 14.7. The number of hydrogen-bond acceptors (Lipinski definition) is 4. The minimum Gasteiger partial charge on any atom is -0.383 e. The molecule has 0 saturated carbocycles. The molecule has 0 amide bonds. The smallest absolute Gasteiger partial charge is 0.129 e. The van der Waals surface area contributed by atoms with Crippen LogP contribution in [0.4, 0.5) is 5.82 Å². The molecule has 4 nitrogen and oxygen atoms in total. The molecule has 2 N–H and O–H groups in total. The SMILES string of the molecule is Cn1nc(CCCc2cccs2)c(-c2cccnc2)c1N. The molecule has 0 spiro atoms. The van der Waals surface area contributed by atoms with Crippen molar-refractivity contribution in [1.29, 1.82) is 0 Å². The molecule has 0 fully saturated rings. The average Bonchev–Trinajstić information content (AvgIpc) is 3.10. The second-order valence-electron chi connectivity index (χ2n) is 5.01. The maximum absolute atomic E-state index is 6.18. The van der Waals surface area contributed by atoms with Crippen molar-refractivity contribution in [2.45, 2.75) is 19.3 Å². The van der Waals surface area contributed by atoms with Crippen molar-refractivity contribution in [3.8, 4) is 11.1 Å². The van der Waals surface area contributed by atoms with E-state index in [0.29, 0.717) is 5.82 Å². The van der Waals surface area contributed by atoms with E-state index in [4.69, 9.17) is 5.73 Å². The standard InChI is InChI=1S/C16H18N4S/c1-20-16(17)15(12-5-3-9-18-11-12)14(19-20)8-2-6-13-7-4-10-21-13/h3-5,7,9-11H,2,6,8,17H2,1H3. The van der Waals surface area contributed by atoms with Gasteiger partial charge in [-0.3, -0.25) is 9.67 Å². The van der Waals surface area contributed by atoms with Gasteiger partial charge in [0.1, 0.15) is 5.82 Å². The van der Waals surface area contributed by atoms with Gasteiger partial charge in [-0.2, -0.15) is 5.10 Å². The van der Waals surface area contributed by atoms with Gasteiger partial charge < -0.3 is 5.73 Å². The van der Waals surface area contributed by atoms with Crippen molar-refractivity contribution in [3.63, 3.8) is 0 Å². The summed E-state index contributed by atoms with van der Waals surface area (Å²) in [5.74, 6) is 0.703. The third-order valence-electron chi connectivity index (χ3n) is 3.53. The predicted molar refractivity (Wildman–Crippen MR) is 87.2 cm³/mol. The van der Waals surface area contributed by atoms with Gasteiger partial charge in [0.25, 0.3) is 0 Å². The molecule has 3 aromatic rings. The Morgan fingerprint density at radius 3 is 2.86 bits per heavy atom. The zero-order valence-electron chi connectivity index (χ0n) is 12.0. The molecule has 21 heavy (non-hydrogen) atoms. The van der Waals surface area contributed by atoms with Crippen LogP contribution in [0, 0.1) is 0 Å². The van der Waals surface area contributed by atoms with Crippen LogP contribution in [0.2, 0.25) is 0 Å². The van der Waals surface area contributed by atoms with Crippen LogP contribution in [-0.4, -0.2) is 14.8 Å². The molecule has 0 aromatic carbocycles. The topological polar surface area (TPSA) is 56.7 Å². The van der Waals surface area contributed by atoms with Crippen LogP contribution >= 0.6 is 11.3 Å². The van der Waals surface area contributed by atoms with E-state index in [2.05, 4.69) is 27.6 Å². The normalized spacial score (nSPS) is 10.9. The van der Waals surface area contributed by atoms with E-state index in [1.165, 1.54) is 4.88 Å². The summed E-state index contributed by atoms with van der Waals surface area (Å²) < 4.78 is 1.75. The van der Waals surface area contributed by atoms with Crippen LogP contribution in [0.3, 0.4) is 0 Å². The first kappa shape index (κ1) is 13.8. The summed E-state index contributed by atoms with van der Waals surface area (Å²) in [6.07, 6.45) is 6.70. The van der Waals surface area contributed by atoms with Crippen molar-refractivity contribution < 1.29 is 0 Å². The number of thiophene rings is 1. The summed E-state index contributed by atoms with van der Waals surface area (Å²) in [6, 6.07) is 8.24. The molecule has 108 valence electrons. The summed E-state index contributed by atoms with van der Waals surface area (Å²) in [5, 5.41) is 6.69. The summed E-state index contributed by atoms with van der Waals surface area (Å²) in [5.41, 5.74) is 9.29. The van der Waals surface area contributed by atoms with Gasteiger partial charge in [-0.25, -0.2) is 0 Å². The highest BCUT2D eigenvalue weighted by Gasteiger charge is 2.15. The molecule has 0 aliphatic rings. The lowest BCUT2D eigenvalue weighted by Gasteiger charge is -2.03. The molecule has 0 saturated heterocycles. The molecule has 0 unspecified atom stereocenters. The highest BCUT2D eigenvalue weighted by atomic mass is 32.1. The number of aryl methyl sites for hydroxylation is 3. The molecule has 0 bridgehead atoms. The van der Waals surface area contributed by atoms with Crippen LogP contribution in [0.1, 0.15) is 17.0 Å². The Morgan fingerprint density at radius 2 is 2.14 bits per heavy atom. The number of nitrogen functional groups attached to an aromatic ring is 1. The number of aromatic nitrogens is 3. The number of rotatable bonds is 5. The van der Waals surface area contributed by atoms with Gasteiger partial charge in [0.2, 0.25) is 0 Å². The Morgan fingerprint density at radius 1 is 1.24 bits per heavy atom. The second kappa shape index (κ2) is 6.10. The minimum absolute atomic E-state index is 0.703. The van der Waals surface area contributed by atoms with E-state index in [-0.39, 0.29) is 0 Å². The molecule has 0 radical (unpaired) electrons. The molecule has 3 aromatic heterocycles. The highest BCUT2D eigenvalue weighted by Crippen LogP contribution is 2.29. The van der Waals surface area contributed by atoms with E-state index < -0.39 is 0 Å². The van der Waals surface area contributed by atoms with Crippen molar-refractivity contribution in [2.24, 2.45) is 7.05 Å². The fourth-order valence-electron chi connectivity index (χ4n) is 2.48. The second-order valence-corrected chi connectivity index (χ2v) is 6.04. The summed E-state index contributed by atoms with van der Waals surface area (Å²) in [6.45, 7) is 0. The molecule has 3 rings (SSSR count). The average molecular weight is 298 g/mol. The van der Waals surface area contributed by atoms with Gasteiger partial charge >= 0.3 is 0 Å². The Balaban J connectivity index is 1.80. The number of nitrogens with zero attached hydrogens (tertiary/aromatic N) is 3. The van der Waals surface area contributed by atoms with E-state index in [1.54, 1.807) is 22.2 Å². The molecule has 5 heteroatoms. The van der Waals surface area contributed by atoms with Crippen LogP contribution in [0.25, 0.3) is 11.1 Å². The van der Waals surface area contributed by atoms with Crippen molar-refractivity contribution in [1.82, 2.24) is 14.8 Å².